The van der Waals surface area contributed by atoms with E-state index in [2.05, 4.69) is 20.6 Å². The van der Waals surface area contributed by atoms with Crippen molar-refractivity contribution in [1.29, 1.82) is 0 Å². The quantitative estimate of drug-likeness (QED) is 0.570. The van der Waals surface area contributed by atoms with E-state index in [1.54, 1.807) is 17.1 Å². The van der Waals surface area contributed by atoms with Crippen LogP contribution >= 0.6 is 35.4 Å². The van der Waals surface area contributed by atoms with E-state index in [-0.39, 0.29) is 6.10 Å². The third-order valence-electron chi connectivity index (χ3n) is 3.46. The molecule has 9 heteroatoms. The fourth-order valence-electron chi connectivity index (χ4n) is 2.37. The van der Waals surface area contributed by atoms with Crippen LogP contribution in [0, 0.1) is 4.77 Å². The van der Waals surface area contributed by atoms with Gasteiger partial charge in [-0.05, 0) is 55.9 Å². The van der Waals surface area contributed by atoms with Gasteiger partial charge in [-0.25, -0.2) is 9.77 Å². The van der Waals surface area contributed by atoms with Gasteiger partial charge in [0.2, 0.25) is 4.77 Å². The second kappa shape index (κ2) is 8.07. The zero-order chi connectivity index (χ0) is 18.7. The summed E-state index contributed by atoms with van der Waals surface area (Å²) >= 11 is 17.9. The first-order valence-electron chi connectivity index (χ1n) is 7.92. The van der Waals surface area contributed by atoms with Crippen LogP contribution in [0.4, 0.5) is 0 Å². The number of aromatic nitrogens is 4. The third-order valence-corrected chi connectivity index (χ3v) is 4.30. The highest BCUT2D eigenvalue weighted by atomic mass is 35.5. The molecular weight excluding hydrogens is 393 g/mol. The number of hydrogen-bond acceptors (Lipinski definition) is 5. The topological polar surface area (TPSA) is 67.8 Å². The molecule has 0 spiro atoms. The van der Waals surface area contributed by atoms with Crippen molar-refractivity contribution >= 4 is 35.4 Å². The summed E-state index contributed by atoms with van der Waals surface area (Å²) in [6.07, 6.45) is 3.38. The summed E-state index contributed by atoms with van der Waals surface area (Å²) in [5, 5.41) is 7.98. The average molecular weight is 410 g/mol. The molecule has 0 aliphatic heterocycles. The van der Waals surface area contributed by atoms with Crippen molar-refractivity contribution in [3.63, 3.8) is 0 Å². The summed E-state index contributed by atoms with van der Waals surface area (Å²) in [4.78, 5) is 4.01. The van der Waals surface area contributed by atoms with E-state index < -0.39 is 0 Å². The molecule has 26 heavy (non-hydrogen) atoms. The monoisotopic (exact) mass is 409 g/mol. The van der Waals surface area contributed by atoms with E-state index in [0.717, 1.165) is 11.1 Å². The van der Waals surface area contributed by atoms with Crippen LogP contribution in [0.1, 0.15) is 19.4 Å². The fourth-order valence-corrected chi connectivity index (χ4v) is 3.19. The van der Waals surface area contributed by atoms with Crippen LogP contribution in [0.25, 0.3) is 11.4 Å². The summed E-state index contributed by atoms with van der Waals surface area (Å²) in [6, 6.07) is 7.34. The molecule has 0 unspecified atom stereocenters. The number of aromatic amines is 1. The van der Waals surface area contributed by atoms with Gasteiger partial charge in [0.25, 0.3) is 0 Å². The molecule has 0 radical (unpaired) electrons. The molecule has 2 N–H and O–H groups in total. The minimum atomic E-state index is -0.0128. The number of rotatable bonds is 6. The fraction of sp³-hybridized carbons (Fsp3) is 0.235. The molecule has 136 valence electrons. The summed E-state index contributed by atoms with van der Waals surface area (Å²) in [5.74, 6) is 1.15. The molecule has 0 bridgehead atoms. The lowest BCUT2D eigenvalue weighted by Gasteiger charge is -2.15. The maximum Gasteiger partial charge on any atom is 0.214 e. The van der Waals surface area contributed by atoms with Crippen LogP contribution in [0.2, 0.25) is 10.0 Å². The zero-order valence-corrected chi connectivity index (χ0v) is 16.5. The Hall–Kier alpha value is -2.09. The lowest BCUT2D eigenvalue weighted by Crippen LogP contribution is -2.16. The van der Waals surface area contributed by atoms with Crippen molar-refractivity contribution in [2.75, 3.05) is 5.43 Å². The smallest absolute Gasteiger partial charge is 0.214 e. The molecule has 0 atom stereocenters. The van der Waals surface area contributed by atoms with Gasteiger partial charge in [-0.2, -0.15) is 5.10 Å². The molecule has 0 saturated carbocycles. The van der Waals surface area contributed by atoms with Gasteiger partial charge in [0.05, 0.1) is 22.7 Å². The van der Waals surface area contributed by atoms with Gasteiger partial charge < -0.3 is 10.2 Å². The van der Waals surface area contributed by atoms with Crippen molar-refractivity contribution in [1.82, 2.24) is 19.9 Å². The molecule has 0 aliphatic rings. The summed E-state index contributed by atoms with van der Waals surface area (Å²) in [5.41, 5.74) is 5.01. The molecule has 0 fully saturated rings. The number of ether oxygens (including phenoxy) is 1. The predicted octanol–water partition coefficient (Wildman–Crippen LogP) is 4.84. The van der Waals surface area contributed by atoms with E-state index >= 15 is 0 Å². The Morgan fingerprint density at radius 1 is 1.23 bits per heavy atom. The Labute approximate surface area is 166 Å². The Morgan fingerprint density at radius 3 is 2.50 bits per heavy atom. The molecule has 0 aliphatic carbocycles. The van der Waals surface area contributed by atoms with Crippen LogP contribution in [-0.2, 0) is 6.54 Å². The van der Waals surface area contributed by atoms with Crippen molar-refractivity contribution in [2.24, 2.45) is 0 Å². The van der Waals surface area contributed by atoms with E-state index in [9.17, 15) is 0 Å². The summed E-state index contributed by atoms with van der Waals surface area (Å²) < 4.78 is 7.80. The van der Waals surface area contributed by atoms with Gasteiger partial charge in [0.1, 0.15) is 0 Å². The van der Waals surface area contributed by atoms with E-state index in [0.29, 0.717) is 32.9 Å². The summed E-state index contributed by atoms with van der Waals surface area (Å²) in [6.45, 7) is 4.29. The highest BCUT2D eigenvalue weighted by molar-refractivity contribution is 7.71. The van der Waals surface area contributed by atoms with Crippen molar-refractivity contribution in [2.45, 2.75) is 26.5 Å². The van der Waals surface area contributed by atoms with Crippen LogP contribution < -0.4 is 10.2 Å². The Kier molecular flexibility index (Phi) is 5.80. The third kappa shape index (κ3) is 4.17. The lowest BCUT2D eigenvalue weighted by molar-refractivity contribution is 0.242. The molecule has 2 aromatic heterocycles. The average Bonchev–Trinajstić information content (AvgIpc) is 2.97. The van der Waals surface area contributed by atoms with E-state index in [4.69, 9.17) is 40.2 Å². The maximum atomic E-state index is 6.31. The second-order valence-electron chi connectivity index (χ2n) is 5.81. The highest BCUT2D eigenvalue weighted by Crippen LogP contribution is 2.35. The first kappa shape index (κ1) is 18.7. The molecule has 2 heterocycles. The van der Waals surface area contributed by atoms with E-state index in [1.807, 2.05) is 38.1 Å². The number of nitrogens with one attached hydrogen (secondary N) is 2. The molecule has 6 nitrogen and oxygen atoms in total. The van der Waals surface area contributed by atoms with Gasteiger partial charge in [-0.15, -0.1) is 0 Å². The first-order valence-corrected chi connectivity index (χ1v) is 9.08. The zero-order valence-electron chi connectivity index (χ0n) is 14.2. The van der Waals surface area contributed by atoms with Crippen molar-refractivity contribution in [3.05, 3.63) is 57.0 Å². The minimum Gasteiger partial charge on any atom is -0.488 e. The number of H-pyrrole nitrogens is 1. The molecule has 3 rings (SSSR count). The Morgan fingerprint density at radius 2 is 1.88 bits per heavy atom. The standard InChI is InChI=1S/C17H17Cl2N5OS/c1-10(2)25-15-13(18)7-11(8-14(15)19)9-21-24-16(22-23-17(24)26)12-3-5-20-6-4-12/h3-8,10,21H,9H2,1-2H3,(H,23,26). The number of pyridine rings is 1. The SMILES string of the molecule is CC(C)Oc1c(Cl)cc(CNn2c(-c3ccncc3)n[nH]c2=S)cc1Cl. The van der Waals surface area contributed by atoms with E-state index in [1.165, 1.54) is 0 Å². The minimum absolute atomic E-state index is 0.0128. The van der Waals surface area contributed by atoms with Gasteiger partial charge in [-0.1, -0.05) is 23.2 Å². The Balaban J connectivity index is 1.82. The van der Waals surface area contributed by atoms with Crippen LogP contribution in [0.15, 0.2) is 36.7 Å². The molecular formula is C17H17Cl2N5OS. The molecule has 3 aromatic rings. The van der Waals surface area contributed by atoms with Crippen LogP contribution in [0.3, 0.4) is 0 Å². The Bertz CT molecular complexity index is 932. The van der Waals surface area contributed by atoms with Gasteiger partial charge in [0, 0.05) is 18.0 Å². The highest BCUT2D eigenvalue weighted by Gasteiger charge is 2.13. The first-order chi connectivity index (χ1) is 12.5. The van der Waals surface area contributed by atoms with Crippen molar-refractivity contribution in [3.8, 4) is 17.1 Å². The van der Waals surface area contributed by atoms with Gasteiger partial charge >= 0.3 is 0 Å². The van der Waals surface area contributed by atoms with Gasteiger partial charge in [0.15, 0.2) is 11.6 Å². The largest absolute Gasteiger partial charge is 0.488 e. The normalized spacial score (nSPS) is 11.0. The molecule has 0 saturated heterocycles. The number of hydrogen-bond donors (Lipinski definition) is 2. The molecule has 0 amide bonds. The number of nitrogens with zero attached hydrogens (tertiary/aromatic N) is 3. The second-order valence-corrected chi connectivity index (χ2v) is 7.01. The molecule has 1 aromatic carbocycles. The maximum absolute atomic E-state index is 6.31. The predicted molar refractivity (Wildman–Crippen MR) is 106 cm³/mol. The van der Waals surface area contributed by atoms with Gasteiger partial charge in [-0.3, -0.25) is 4.98 Å². The lowest BCUT2D eigenvalue weighted by atomic mass is 10.2. The van der Waals surface area contributed by atoms with Crippen LogP contribution in [-0.4, -0.2) is 26.0 Å². The number of halogens is 2. The van der Waals surface area contributed by atoms with Crippen LogP contribution in [0.5, 0.6) is 5.75 Å². The van der Waals surface area contributed by atoms with Crippen molar-refractivity contribution < 1.29 is 4.74 Å². The number of benzene rings is 1. The summed E-state index contributed by atoms with van der Waals surface area (Å²) in [7, 11) is 0.